The van der Waals surface area contributed by atoms with E-state index >= 15 is 0 Å². The first-order valence-electron chi connectivity index (χ1n) is 4.78. The molecule has 5 heteroatoms. The first-order chi connectivity index (χ1) is 7.78. The quantitative estimate of drug-likeness (QED) is 0.649. The summed E-state index contributed by atoms with van der Waals surface area (Å²) in [5, 5.41) is 11.2. The number of nitrogens with one attached hydrogen (secondary N) is 1. The van der Waals surface area contributed by atoms with Crippen LogP contribution in [0.25, 0.3) is 21.9 Å². The zero-order chi connectivity index (χ0) is 11.1. The number of aromatic hydroxyl groups is 1. The number of rotatable bonds is 1. The highest BCUT2D eigenvalue weighted by atomic mass is 16.5. The van der Waals surface area contributed by atoms with Crippen LogP contribution >= 0.6 is 0 Å². The second-order valence-corrected chi connectivity index (χ2v) is 3.48. The van der Waals surface area contributed by atoms with Gasteiger partial charge in [0.25, 0.3) is 0 Å². The van der Waals surface area contributed by atoms with Crippen molar-refractivity contribution in [2.24, 2.45) is 0 Å². The van der Waals surface area contributed by atoms with Crippen LogP contribution in [0.1, 0.15) is 0 Å². The third-order valence-electron chi connectivity index (χ3n) is 2.53. The van der Waals surface area contributed by atoms with Gasteiger partial charge in [-0.25, -0.2) is 9.97 Å². The minimum Gasteiger partial charge on any atom is -0.495 e. The summed E-state index contributed by atoms with van der Waals surface area (Å²) in [6.45, 7) is 0. The maximum Gasteiger partial charge on any atom is 0.211 e. The van der Waals surface area contributed by atoms with Crippen molar-refractivity contribution in [1.29, 1.82) is 0 Å². The van der Waals surface area contributed by atoms with E-state index in [1.807, 2.05) is 6.07 Å². The van der Waals surface area contributed by atoms with Crippen molar-refractivity contribution < 1.29 is 9.84 Å². The van der Waals surface area contributed by atoms with Crippen molar-refractivity contribution in [2.45, 2.75) is 0 Å². The number of pyridine rings is 2. The number of aromatic nitrogens is 3. The largest absolute Gasteiger partial charge is 0.495 e. The fourth-order valence-corrected chi connectivity index (χ4v) is 1.76. The van der Waals surface area contributed by atoms with Crippen LogP contribution in [0, 0.1) is 0 Å². The fraction of sp³-hybridized carbons (Fsp3) is 0.0909. The number of hydrogen-bond acceptors (Lipinski definition) is 4. The predicted octanol–water partition coefficient (Wildman–Crippen LogP) is 1.83. The number of H-pyrrole nitrogens is 1. The molecule has 0 atom stereocenters. The minimum absolute atomic E-state index is 0.00350. The lowest BCUT2D eigenvalue weighted by atomic mass is 10.2. The molecule has 0 aliphatic rings. The van der Waals surface area contributed by atoms with Gasteiger partial charge in [-0.2, -0.15) is 0 Å². The summed E-state index contributed by atoms with van der Waals surface area (Å²) < 4.78 is 5.12. The molecule has 0 aliphatic heterocycles. The highest BCUT2D eigenvalue weighted by Crippen LogP contribution is 2.28. The van der Waals surface area contributed by atoms with Crippen LogP contribution < -0.4 is 4.74 Å². The molecule has 3 heterocycles. The van der Waals surface area contributed by atoms with Crippen molar-refractivity contribution in [2.75, 3.05) is 7.11 Å². The lowest BCUT2D eigenvalue weighted by Crippen LogP contribution is -1.83. The third kappa shape index (κ3) is 1.18. The Morgan fingerprint density at radius 1 is 1.19 bits per heavy atom. The Labute approximate surface area is 90.7 Å². The average Bonchev–Trinajstić information content (AvgIpc) is 2.66. The molecule has 0 fully saturated rings. The van der Waals surface area contributed by atoms with Crippen molar-refractivity contribution in [3.63, 3.8) is 0 Å². The molecule has 16 heavy (non-hydrogen) atoms. The molecule has 3 aromatic heterocycles. The van der Waals surface area contributed by atoms with Crippen LogP contribution in [0.3, 0.4) is 0 Å². The van der Waals surface area contributed by atoms with Crippen molar-refractivity contribution >= 4 is 21.9 Å². The van der Waals surface area contributed by atoms with E-state index in [1.165, 1.54) is 0 Å². The number of hydrogen-bond donors (Lipinski definition) is 2. The van der Waals surface area contributed by atoms with Crippen LogP contribution in [-0.2, 0) is 0 Å². The van der Waals surface area contributed by atoms with Crippen LogP contribution in [0.15, 0.2) is 24.5 Å². The highest BCUT2D eigenvalue weighted by Gasteiger charge is 2.07. The van der Waals surface area contributed by atoms with Gasteiger partial charge in [-0.05, 0) is 6.07 Å². The van der Waals surface area contributed by atoms with Crippen LogP contribution in [0.4, 0.5) is 0 Å². The maximum atomic E-state index is 9.36. The van der Waals surface area contributed by atoms with Crippen molar-refractivity contribution in [3.8, 4) is 11.6 Å². The molecule has 5 nitrogen and oxygen atoms in total. The predicted molar refractivity (Wildman–Crippen MR) is 59.6 cm³/mol. The first kappa shape index (κ1) is 8.96. The average molecular weight is 215 g/mol. The zero-order valence-electron chi connectivity index (χ0n) is 8.56. The van der Waals surface area contributed by atoms with E-state index in [9.17, 15) is 5.11 Å². The lowest BCUT2D eigenvalue weighted by Gasteiger charge is -1.97. The Balaban J connectivity index is 2.44. The van der Waals surface area contributed by atoms with E-state index in [2.05, 4.69) is 15.0 Å². The van der Waals surface area contributed by atoms with E-state index < -0.39 is 0 Å². The lowest BCUT2D eigenvalue weighted by molar-refractivity contribution is 0.414. The van der Waals surface area contributed by atoms with Gasteiger partial charge in [-0.15, -0.1) is 0 Å². The second kappa shape index (κ2) is 3.10. The molecule has 0 aromatic carbocycles. The van der Waals surface area contributed by atoms with Gasteiger partial charge in [-0.3, -0.25) is 0 Å². The molecular weight excluding hydrogens is 206 g/mol. The summed E-state index contributed by atoms with van der Waals surface area (Å²) in [5.74, 6) is 0.681. The van der Waals surface area contributed by atoms with E-state index in [4.69, 9.17) is 4.74 Å². The molecule has 3 aromatic rings. The Hall–Kier alpha value is -2.30. The summed E-state index contributed by atoms with van der Waals surface area (Å²) in [4.78, 5) is 11.2. The van der Waals surface area contributed by atoms with Gasteiger partial charge in [-0.1, -0.05) is 0 Å². The Bertz CT molecular complexity index is 675. The fourth-order valence-electron chi connectivity index (χ4n) is 1.76. The van der Waals surface area contributed by atoms with E-state index in [0.29, 0.717) is 5.75 Å². The molecule has 0 amide bonds. The van der Waals surface area contributed by atoms with Gasteiger partial charge in [0, 0.05) is 16.8 Å². The smallest absolute Gasteiger partial charge is 0.211 e. The highest BCUT2D eigenvalue weighted by molar-refractivity contribution is 6.06. The molecule has 0 unspecified atom stereocenters. The monoisotopic (exact) mass is 215 g/mol. The summed E-state index contributed by atoms with van der Waals surface area (Å²) in [6.07, 6.45) is 3.23. The summed E-state index contributed by atoms with van der Waals surface area (Å²) in [5.41, 5.74) is 1.59. The summed E-state index contributed by atoms with van der Waals surface area (Å²) >= 11 is 0. The van der Waals surface area contributed by atoms with Gasteiger partial charge in [0.2, 0.25) is 5.88 Å². The molecule has 80 valence electrons. The molecule has 0 aliphatic carbocycles. The SMILES string of the molecule is COc1cnc2[nH]c3cnc(O)cc3c2c1. The van der Waals surface area contributed by atoms with E-state index in [0.717, 1.165) is 21.9 Å². The molecule has 2 N–H and O–H groups in total. The topological polar surface area (TPSA) is 71.0 Å². The molecule has 0 radical (unpaired) electrons. The van der Waals surface area contributed by atoms with Gasteiger partial charge in [0.15, 0.2) is 0 Å². The van der Waals surface area contributed by atoms with Crippen LogP contribution in [-0.4, -0.2) is 27.2 Å². The number of methoxy groups -OCH3 is 1. The molecular formula is C11H9N3O2. The summed E-state index contributed by atoms with van der Waals surface area (Å²) in [6, 6.07) is 3.48. The standard InChI is InChI=1S/C11H9N3O2/c1-16-6-2-8-7-3-10(15)12-5-9(7)14-11(8)13-4-6/h2-5H,1H3,(H,12,15)(H,13,14). The number of ether oxygens (including phenoxy) is 1. The van der Waals surface area contributed by atoms with Gasteiger partial charge < -0.3 is 14.8 Å². The van der Waals surface area contributed by atoms with Crippen molar-refractivity contribution in [1.82, 2.24) is 15.0 Å². The normalized spacial score (nSPS) is 11.1. The Kier molecular flexibility index (Phi) is 1.73. The first-order valence-corrected chi connectivity index (χ1v) is 4.78. The van der Waals surface area contributed by atoms with Crippen molar-refractivity contribution in [3.05, 3.63) is 24.5 Å². The van der Waals surface area contributed by atoms with Gasteiger partial charge >= 0.3 is 0 Å². The van der Waals surface area contributed by atoms with Gasteiger partial charge in [0.05, 0.1) is 25.0 Å². The van der Waals surface area contributed by atoms with E-state index in [-0.39, 0.29) is 5.88 Å². The molecule has 0 spiro atoms. The molecule has 3 rings (SSSR count). The minimum atomic E-state index is -0.00350. The molecule has 0 saturated carbocycles. The van der Waals surface area contributed by atoms with E-state index in [1.54, 1.807) is 25.6 Å². The molecule has 0 bridgehead atoms. The van der Waals surface area contributed by atoms with Crippen LogP contribution in [0.5, 0.6) is 11.6 Å². The van der Waals surface area contributed by atoms with Crippen LogP contribution in [0.2, 0.25) is 0 Å². The Morgan fingerprint density at radius 3 is 2.88 bits per heavy atom. The third-order valence-corrected chi connectivity index (χ3v) is 2.53. The Morgan fingerprint density at radius 2 is 2.06 bits per heavy atom. The number of fused-ring (bicyclic) bond motifs is 3. The van der Waals surface area contributed by atoms with Gasteiger partial charge in [0.1, 0.15) is 11.4 Å². The summed E-state index contributed by atoms with van der Waals surface area (Å²) in [7, 11) is 1.59. The number of aromatic amines is 1. The number of nitrogens with zero attached hydrogens (tertiary/aromatic N) is 2. The molecule has 0 saturated heterocycles. The second-order valence-electron chi connectivity index (χ2n) is 3.48. The zero-order valence-corrected chi connectivity index (χ0v) is 8.56. The maximum absolute atomic E-state index is 9.36.